The van der Waals surface area contributed by atoms with Crippen LogP contribution in [0.4, 0.5) is 0 Å². The summed E-state index contributed by atoms with van der Waals surface area (Å²) in [6, 6.07) is 10.0. The summed E-state index contributed by atoms with van der Waals surface area (Å²) in [4.78, 5) is 17.0. The molecule has 0 aliphatic carbocycles. The highest BCUT2D eigenvalue weighted by molar-refractivity contribution is 7.89. The summed E-state index contributed by atoms with van der Waals surface area (Å²) >= 11 is 6.13. The SMILES string of the molecule is CCN(CC)S(=O)(=O)c1cc(C(=O)NCc2cn3c(C)cccc3n2)ccc1Cl. The van der Waals surface area contributed by atoms with Crippen molar-refractivity contribution in [2.24, 2.45) is 0 Å². The number of hydrogen-bond donors (Lipinski definition) is 1. The van der Waals surface area contributed by atoms with E-state index < -0.39 is 15.9 Å². The predicted octanol–water partition coefficient (Wildman–Crippen LogP) is 3.26. The second-order valence-corrected chi connectivity index (χ2v) is 8.86. The average Bonchev–Trinajstić information content (AvgIpc) is 3.11. The lowest BCUT2D eigenvalue weighted by Gasteiger charge is -2.19. The standard InChI is InChI=1S/C20H23ClN4O3S/c1-4-24(5-2)29(27,28)18-11-15(9-10-17(18)21)20(26)22-12-16-13-25-14(3)7-6-8-19(25)23-16/h6-11,13H,4-5,12H2,1-3H3,(H,22,26). The first kappa shape index (κ1) is 21.3. The lowest BCUT2D eigenvalue weighted by atomic mass is 10.2. The molecule has 0 saturated heterocycles. The summed E-state index contributed by atoms with van der Waals surface area (Å²) in [6.07, 6.45) is 1.86. The van der Waals surface area contributed by atoms with E-state index in [1.54, 1.807) is 13.8 Å². The number of halogens is 1. The summed E-state index contributed by atoms with van der Waals surface area (Å²) < 4.78 is 28.8. The molecule has 0 saturated carbocycles. The van der Waals surface area contributed by atoms with Gasteiger partial charge >= 0.3 is 0 Å². The van der Waals surface area contributed by atoms with Crippen molar-refractivity contribution in [3.8, 4) is 0 Å². The molecule has 1 amide bonds. The minimum atomic E-state index is -3.77. The van der Waals surface area contributed by atoms with Crippen molar-refractivity contribution < 1.29 is 13.2 Å². The Morgan fingerprint density at radius 3 is 2.59 bits per heavy atom. The van der Waals surface area contributed by atoms with Crippen LogP contribution in [0.1, 0.15) is 35.6 Å². The quantitative estimate of drug-likeness (QED) is 0.618. The molecule has 0 spiro atoms. The van der Waals surface area contributed by atoms with Gasteiger partial charge < -0.3 is 9.72 Å². The molecule has 0 aliphatic rings. The van der Waals surface area contributed by atoms with Gasteiger partial charge in [-0.05, 0) is 37.3 Å². The number of fused-ring (bicyclic) bond motifs is 1. The first-order valence-corrected chi connectivity index (χ1v) is 11.1. The molecule has 0 fully saturated rings. The molecule has 0 bridgehead atoms. The highest BCUT2D eigenvalue weighted by atomic mass is 35.5. The van der Waals surface area contributed by atoms with Gasteiger partial charge in [0.05, 0.1) is 17.3 Å². The third-order valence-electron chi connectivity index (χ3n) is 4.69. The molecule has 1 aromatic carbocycles. The van der Waals surface area contributed by atoms with E-state index in [0.29, 0.717) is 18.8 Å². The van der Waals surface area contributed by atoms with E-state index in [1.807, 2.05) is 35.7 Å². The fourth-order valence-corrected chi connectivity index (χ4v) is 5.06. The van der Waals surface area contributed by atoms with Crippen LogP contribution in [0.3, 0.4) is 0 Å². The Morgan fingerprint density at radius 1 is 1.21 bits per heavy atom. The summed E-state index contributed by atoms with van der Waals surface area (Å²) in [5, 5.41) is 2.87. The number of nitrogens with zero attached hydrogens (tertiary/aromatic N) is 3. The summed E-state index contributed by atoms with van der Waals surface area (Å²) in [6.45, 7) is 6.34. The summed E-state index contributed by atoms with van der Waals surface area (Å²) in [5.41, 5.74) is 2.77. The van der Waals surface area contributed by atoms with E-state index in [0.717, 1.165) is 11.3 Å². The maximum atomic E-state index is 12.8. The van der Waals surface area contributed by atoms with Crippen LogP contribution in [0, 0.1) is 6.92 Å². The van der Waals surface area contributed by atoms with Crippen LogP contribution >= 0.6 is 11.6 Å². The zero-order valence-electron chi connectivity index (χ0n) is 16.5. The van der Waals surface area contributed by atoms with Crippen molar-refractivity contribution >= 4 is 33.2 Å². The molecule has 29 heavy (non-hydrogen) atoms. The van der Waals surface area contributed by atoms with E-state index in [2.05, 4.69) is 10.3 Å². The number of rotatable bonds is 7. The number of hydrogen-bond acceptors (Lipinski definition) is 4. The monoisotopic (exact) mass is 434 g/mol. The van der Waals surface area contributed by atoms with Crippen LogP contribution in [-0.2, 0) is 16.6 Å². The molecule has 2 heterocycles. The molecule has 0 radical (unpaired) electrons. The molecule has 0 atom stereocenters. The molecule has 7 nitrogen and oxygen atoms in total. The minimum absolute atomic E-state index is 0.0705. The number of aryl methyl sites for hydroxylation is 1. The van der Waals surface area contributed by atoms with Crippen LogP contribution < -0.4 is 5.32 Å². The van der Waals surface area contributed by atoms with Crippen LogP contribution in [0.15, 0.2) is 47.5 Å². The fraction of sp³-hybridized carbons (Fsp3) is 0.300. The van der Waals surface area contributed by atoms with Crippen molar-refractivity contribution in [1.29, 1.82) is 0 Å². The molecule has 9 heteroatoms. The van der Waals surface area contributed by atoms with Crippen LogP contribution in [0.5, 0.6) is 0 Å². The zero-order chi connectivity index (χ0) is 21.2. The summed E-state index contributed by atoms with van der Waals surface area (Å²) in [7, 11) is -3.77. The van der Waals surface area contributed by atoms with Gasteiger partial charge in [-0.2, -0.15) is 4.31 Å². The van der Waals surface area contributed by atoms with Gasteiger partial charge in [0, 0.05) is 30.5 Å². The Bertz CT molecular complexity index is 1150. The minimum Gasteiger partial charge on any atom is -0.346 e. The number of benzene rings is 1. The Kier molecular flexibility index (Phi) is 6.26. The highest BCUT2D eigenvalue weighted by Crippen LogP contribution is 2.26. The first-order valence-electron chi connectivity index (χ1n) is 9.29. The van der Waals surface area contributed by atoms with E-state index in [4.69, 9.17) is 11.6 Å². The zero-order valence-corrected chi connectivity index (χ0v) is 18.1. The van der Waals surface area contributed by atoms with E-state index in [-0.39, 0.29) is 22.0 Å². The molecular weight excluding hydrogens is 412 g/mol. The number of carbonyl (C=O) groups excluding carboxylic acids is 1. The smallest absolute Gasteiger partial charge is 0.251 e. The maximum absolute atomic E-state index is 12.8. The van der Waals surface area contributed by atoms with Gasteiger partial charge in [0.25, 0.3) is 5.91 Å². The fourth-order valence-electron chi connectivity index (χ4n) is 3.10. The van der Waals surface area contributed by atoms with Gasteiger partial charge in [-0.15, -0.1) is 0 Å². The predicted molar refractivity (Wildman–Crippen MR) is 113 cm³/mol. The molecule has 0 aliphatic heterocycles. The maximum Gasteiger partial charge on any atom is 0.251 e. The normalized spacial score (nSPS) is 11.9. The van der Waals surface area contributed by atoms with Gasteiger partial charge in [-0.1, -0.05) is 31.5 Å². The first-order chi connectivity index (χ1) is 13.8. The van der Waals surface area contributed by atoms with Gasteiger partial charge in [-0.3, -0.25) is 4.79 Å². The molecule has 3 aromatic rings. The lowest BCUT2D eigenvalue weighted by molar-refractivity contribution is 0.0950. The third kappa shape index (κ3) is 4.29. The molecule has 0 unspecified atom stereocenters. The molecule has 1 N–H and O–H groups in total. The number of nitrogens with one attached hydrogen (secondary N) is 1. The molecule has 154 valence electrons. The van der Waals surface area contributed by atoms with E-state index in [9.17, 15) is 13.2 Å². The van der Waals surface area contributed by atoms with E-state index >= 15 is 0 Å². The van der Waals surface area contributed by atoms with Crippen LogP contribution in [0.2, 0.25) is 5.02 Å². The Balaban J connectivity index is 1.81. The van der Waals surface area contributed by atoms with Crippen molar-refractivity contribution in [2.75, 3.05) is 13.1 Å². The number of imidazole rings is 1. The van der Waals surface area contributed by atoms with Crippen LogP contribution in [0.25, 0.3) is 5.65 Å². The number of amides is 1. The van der Waals surface area contributed by atoms with Gasteiger partial charge in [-0.25, -0.2) is 13.4 Å². The second kappa shape index (κ2) is 8.52. The Hall–Kier alpha value is -2.42. The van der Waals surface area contributed by atoms with Crippen molar-refractivity contribution in [1.82, 2.24) is 19.0 Å². The number of aromatic nitrogens is 2. The van der Waals surface area contributed by atoms with Crippen LogP contribution in [-0.4, -0.2) is 41.1 Å². The van der Waals surface area contributed by atoms with Crippen molar-refractivity contribution in [3.63, 3.8) is 0 Å². The van der Waals surface area contributed by atoms with Crippen molar-refractivity contribution in [3.05, 3.63) is 64.6 Å². The average molecular weight is 435 g/mol. The lowest BCUT2D eigenvalue weighted by Crippen LogP contribution is -2.31. The summed E-state index contributed by atoms with van der Waals surface area (Å²) in [5.74, 6) is -0.397. The second-order valence-electron chi connectivity index (χ2n) is 6.54. The molecule has 2 aromatic heterocycles. The number of pyridine rings is 1. The third-order valence-corrected chi connectivity index (χ3v) is 7.22. The van der Waals surface area contributed by atoms with E-state index in [1.165, 1.54) is 22.5 Å². The Labute approximate surface area is 175 Å². The van der Waals surface area contributed by atoms with Gasteiger partial charge in [0.15, 0.2) is 0 Å². The van der Waals surface area contributed by atoms with Gasteiger partial charge in [0.2, 0.25) is 10.0 Å². The van der Waals surface area contributed by atoms with Crippen molar-refractivity contribution in [2.45, 2.75) is 32.2 Å². The molecular formula is C20H23ClN4O3S. The Morgan fingerprint density at radius 2 is 1.93 bits per heavy atom. The number of sulfonamides is 1. The topological polar surface area (TPSA) is 83.8 Å². The number of carbonyl (C=O) groups is 1. The largest absolute Gasteiger partial charge is 0.346 e. The molecule has 3 rings (SSSR count). The highest BCUT2D eigenvalue weighted by Gasteiger charge is 2.25. The van der Waals surface area contributed by atoms with Gasteiger partial charge in [0.1, 0.15) is 10.5 Å².